The zero-order valence-electron chi connectivity index (χ0n) is 10.4. The standard InChI is InChI=1S/C13H21N3O/c1-16-7-5-12(10-16)9-15-13(17)3-2-11-4-6-14-8-11/h5,7,10-11,14H,2-4,6,8-9H2,1H3,(H,15,17). The summed E-state index contributed by atoms with van der Waals surface area (Å²) in [7, 11) is 1.98. The fraction of sp³-hybridized carbons (Fsp3) is 0.615. The molecule has 1 fully saturated rings. The molecule has 1 aliphatic heterocycles. The minimum Gasteiger partial charge on any atom is -0.357 e. The van der Waals surface area contributed by atoms with Crippen LogP contribution in [-0.2, 0) is 18.4 Å². The number of aryl methyl sites for hydroxylation is 1. The summed E-state index contributed by atoms with van der Waals surface area (Å²) in [5.74, 6) is 0.859. The Morgan fingerprint density at radius 2 is 2.53 bits per heavy atom. The minimum atomic E-state index is 0.167. The lowest BCUT2D eigenvalue weighted by Gasteiger charge is -2.08. The zero-order valence-corrected chi connectivity index (χ0v) is 10.4. The smallest absolute Gasteiger partial charge is 0.220 e. The molecule has 2 rings (SSSR count). The van der Waals surface area contributed by atoms with Gasteiger partial charge in [-0.1, -0.05) is 0 Å². The van der Waals surface area contributed by atoms with E-state index in [1.54, 1.807) is 0 Å². The monoisotopic (exact) mass is 235 g/mol. The summed E-state index contributed by atoms with van der Waals surface area (Å²) in [6.45, 7) is 2.82. The molecule has 0 aliphatic carbocycles. The molecule has 1 aliphatic rings. The molecule has 0 radical (unpaired) electrons. The molecule has 0 bridgehead atoms. The summed E-state index contributed by atoms with van der Waals surface area (Å²) < 4.78 is 1.99. The van der Waals surface area contributed by atoms with Gasteiger partial charge in [-0.15, -0.1) is 0 Å². The van der Waals surface area contributed by atoms with Crippen molar-refractivity contribution in [3.05, 3.63) is 24.0 Å². The van der Waals surface area contributed by atoms with Crippen LogP contribution < -0.4 is 10.6 Å². The number of nitrogens with one attached hydrogen (secondary N) is 2. The molecule has 1 aromatic rings. The van der Waals surface area contributed by atoms with Gasteiger partial charge in [0.05, 0.1) is 0 Å². The highest BCUT2D eigenvalue weighted by atomic mass is 16.1. The molecule has 0 aromatic carbocycles. The highest BCUT2D eigenvalue weighted by Gasteiger charge is 2.15. The van der Waals surface area contributed by atoms with Gasteiger partial charge in [-0.2, -0.15) is 0 Å². The second kappa shape index (κ2) is 5.87. The molecule has 2 N–H and O–H groups in total. The van der Waals surface area contributed by atoms with Crippen LogP contribution in [0, 0.1) is 5.92 Å². The number of carbonyl (C=O) groups is 1. The number of carbonyl (C=O) groups excluding carboxylic acids is 1. The average molecular weight is 235 g/mol. The number of amides is 1. The SMILES string of the molecule is Cn1ccc(CNC(=O)CCC2CCNC2)c1. The zero-order chi connectivity index (χ0) is 12.1. The lowest BCUT2D eigenvalue weighted by atomic mass is 10.0. The number of nitrogens with zero attached hydrogens (tertiary/aromatic N) is 1. The summed E-state index contributed by atoms with van der Waals surface area (Å²) in [6.07, 6.45) is 6.89. The van der Waals surface area contributed by atoms with Gasteiger partial charge in [0.1, 0.15) is 0 Å². The Bertz CT molecular complexity index is 366. The maximum atomic E-state index is 11.6. The molecule has 0 saturated carbocycles. The number of rotatable bonds is 5. The van der Waals surface area contributed by atoms with Crippen LogP contribution in [0.15, 0.2) is 18.5 Å². The van der Waals surface area contributed by atoms with Gasteiger partial charge >= 0.3 is 0 Å². The van der Waals surface area contributed by atoms with E-state index in [-0.39, 0.29) is 5.91 Å². The van der Waals surface area contributed by atoms with E-state index in [4.69, 9.17) is 0 Å². The highest BCUT2D eigenvalue weighted by Crippen LogP contribution is 2.13. The molecule has 1 amide bonds. The van der Waals surface area contributed by atoms with Crippen LogP contribution in [0.1, 0.15) is 24.8 Å². The van der Waals surface area contributed by atoms with Crippen molar-refractivity contribution in [3.8, 4) is 0 Å². The van der Waals surface area contributed by atoms with E-state index >= 15 is 0 Å². The lowest BCUT2D eigenvalue weighted by molar-refractivity contribution is -0.121. The maximum Gasteiger partial charge on any atom is 0.220 e. The molecule has 1 aromatic heterocycles. The van der Waals surface area contributed by atoms with E-state index in [0.717, 1.165) is 25.1 Å². The van der Waals surface area contributed by atoms with Crippen molar-refractivity contribution >= 4 is 5.91 Å². The molecule has 4 heteroatoms. The molecule has 1 saturated heterocycles. The summed E-state index contributed by atoms with van der Waals surface area (Å²) in [6, 6.07) is 2.03. The van der Waals surface area contributed by atoms with Crippen molar-refractivity contribution in [3.63, 3.8) is 0 Å². The Labute approximate surface area is 102 Å². The molecule has 1 unspecified atom stereocenters. The van der Waals surface area contributed by atoms with E-state index in [0.29, 0.717) is 18.9 Å². The van der Waals surface area contributed by atoms with Crippen molar-refractivity contribution in [2.24, 2.45) is 13.0 Å². The van der Waals surface area contributed by atoms with E-state index in [1.165, 1.54) is 6.42 Å². The van der Waals surface area contributed by atoms with Crippen LogP contribution in [0.5, 0.6) is 0 Å². The molecule has 4 nitrogen and oxygen atoms in total. The van der Waals surface area contributed by atoms with Gasteiger partial charge in [-0.05, 0) is 43.5 Å². The number of hydrogen-bond acceptors (Lipinski definition) is 2. The third-order valence-corrected chi connectivity index (χ3v) is 3.32. The molecular weight excluding hydrogens is 214 g/mol. The third kappa shape index (κ3) is 3.89. The van der Waals surface area contributed by atoms with Crippen LogP contribution in [-0.4, -0.2) is 23.6 Å². The van der Waals surface area contributed by atoms with Crippen molar-refractivity contribution in [1.82, 2.24) is 15.2 Å². The Hall–Kier alpha value is -1.29. The Morgan fingerprint density at radius 1 is 1.65 bits per heavy atom. The third-order valence-electron chi connectivity index (χ3n) is 3.32. The topological polar surface area (TPSA) is 46.1 Å². The van der Waals surface area contributed by atoms with Crippen LogP contribution in [0.2, 0.25) is 0 Å². The summed E-state index contributed by atoms with van der Waals surface area (Å²) >= 11 is 0. The summed E-state index contributed by atoms with van der Waals surface area (Å²) in [4.78, 5) is 11.6. The van der Waals surface area contributed by atoms with Gasteiger partial charge in [-0.25, -0.2) is 0 Å². The summed E-state index contributed by atoms with van der Waals surface area (Å²) in [5, 5.41) is 6.29. The molecule has 1 atom stereocenters. The van der Waals surface area contributed by atoms with Gasteiger partial charge in [0, 0.05) is 32.4 Å². The van der Waals surface area contributed by atoms with Crippen LogP contribution in [0.4, 0.5) is 0 Å². The second-order valence-electron chi connectivity index (χ2n) is 4.86. The average Bonchev–Trinajstić information content (AvgIpc) is 2.95. The quantitative estimate of drug-likeness (QED) is 0.801. The van der Waals surface area contributed by atoms with Gasteiger partial charge < -0.3 is 15.2 Å². The van der Waals surface area contributed by atoms with Gasteiger partial charge in [0.25, 0.3) is 0 Å². The van der Waals surface area contributed by atoms with Gasteiger partial charge in [0.2, 0.25) is 5.91 Å². The normalized spacial score (nSPS) is 19.5. The van der Waals surface area contributed by atoms with E-state index in [9.17, 15) is 4.79 Å². The first kappa shape index (κ1) is 12.2. The van der Waals surface area contributed by atoms with Crippen molar-refractivity contribution in [2.45, 2.75) is 25.8 Å². The number of hydrogen-bond donors (Lipinski definition) is 2. The predicted octanol–water partition coefficient (Wildman–Crippen LogP) is 1.03. The van der Waals surface area contributed by atoms with Crippen molar-refractivity contribution in [1.29, 1.82) is 0 Å². The first-order chi connectivity index (χ1) is 8.24. The highest BCUT2D eigenvalue weighted by molar-refractivity contribution is 5.75. The van der Waals surface area contributed by atoms with Crippen molar-refractivity contribution in [2.75, 3.05) is 13.1 Å². The van der Waals surface area contributed by atoms with Gasteiger partial charge in [0.15, 0.2) is 0 Å². The molecule has 2 heterocycles. The lowest BCUT2D eigenvalue weighted by Crippen LogP contribution is -2.23. The fourth-order valence-corrected chi connectivity index (χ4v) is 2.25. The molecular formula is C13H21N3O. The Balaban J connectivity index is 1.63. The molecule has 94 valence electrons. The second-order valence-corrected chi connectivity index (χ2v) is 4.86. The largest absolute Gasteiger partial charge is 0.357 e. The van der Waals surface area contributed by atoms with Crippen LogP contribution in [0.25, 0.3) is 0 Å². The van der Waals surface area contributed by atoms with E-state index < -0.39 is 0 Å². The van der Waals surface area contributed by atoms with Gasteiger partial charge in [-0.3, -0.25) is 4.79 Å². The molecule has 17 heavy (non-hydrogen) atoms. The fourth-order valence-electron chi connectivity index (χ4n) is 2.25. The van der Waals surface area contributed by atoms with Crippen LogP contribution >= 0.6 is 0 Å². The predicted molar refractivity (Wildman–Crippen MR) is 67.5 cm³/mol. The Morgan fingerprint density at radius 3 is 3.18 bits per heavy atom. The minimum absolute atomic E-state index is 0.167. The Kier molecular flexibility index (Phi) is 4.20. The first-order valence-electron chi connectivity index (χ1n) is 6.32. The van der Waals surface area contributed by atoms with E-state index in [2.05, 4.69) is 10.6 Å². The summed E-state index contributed by atoms with van der Waals surface area (Å²) in [5.41, 5.74) is 1.16. The molecule has 0 spiro atoms. The maximum absolute atomic E-state index is 11.6. The van der Waals surface area contributed by atoms with Crippen LogP contribution in [0.3, 0.4) is 0 Å². The van der Waals surface area contributed by atoms with E-state index in [1.807, 2.05) is 30.1 Å². The number of aromatic nitrogens is 1. The first-order valence-corrected chi connectivity index (χ1v) is 6.32. The van der Waals surface area contributed by atoms with Crippen molar-refractivity contribution < 1.29 is 4.79 Å².